The van der Waals surface area contributed by atoms with Crippen molar-refractivity contribution in [2.75, 3.05) is 0 Å². The van der Waals surface area contributed by atoms with Crippen LogP contribution in [-0.2, 0) is 6.42 Å². The SMILES string of the molecule is CCCCCC(C)(N)Cc1ccccc1F. The van der Waals surface area contributed by atoms with Crippen LogP contribution in [0.2, 0.25) is 0 Å². The zero-order valence-electron chi connectivity index (χ0n) is 10.3. The molecule has 0 spiro atoms. The van der Waals surface area contributed by atoms with E-state index in [1.54, 1.807) is 6.07 Å². The highest BCUT2D eigenvalue weighted by Gasteiger charge is 2.19. The number of hydrogen-bond donors (Lipinski definition) is 1. The molecule has 1 nitrogen and oxygen atoms in total. The van der Waals surface area contributed by atoms with Gasteiger partial charge in [0.05, 0.1) is 0 Å². The van der Waals surface area contributed by atoms with E-state index < -0.39 is 0 Å². The summed E-state index contributed by atoms with van der Waals surface area (Å²) in [6.45, 7) is 4.18. The summed E-state index contributed by atoms with van der Waals surface area (Å²) in [5.41, 5.74) is 6.62. The van der Waals surface area contributed by atoms with Gasteiger partial charge in [-0.1, -0.05) is 44.4 Å². The van der Waals surface area contributed by atoms with Gasteiger partial charge >= 0.3 is 0 Å². The van der Waals surface area contributed by atoms with Crippen molar-refractivity contribution in [1.82, 2.24) is 0 Å². The van der Waals surface area contributed by atoms with Crippen LogP contribution in [0.4, 0.5) is 4.39 Å². The van der Waals surface area contributed by atoms with Gasteiger partial charge in [-0.3, -0.25) is 0 Å². The van der Waals surface area contributed by atoms with E-state index in [9.17, 15) is 4.39 Å². The lowest BCUT2D eigenvalue weighted by molar-refractivity contribution is 0.402. The Balaban J connectivity index is 2.55. The number of nitrogens with two attached hydrogens (primary N) is 1. The predicted molar refractivity (Wildman–Crippen MR) is 66.8 cm³/mol. The Kier molecular flexibility index (Phi) is 4.94. The zero-order valence-corrected chi connectivity index (χ0v) is 10.3. The Morgan fingerprint density at radius 1 is 1.25 bits per heavy atom. The van der Waals surface area contributed by atoms with Crippen molar-refractivity contribution in [1.29, 1.82) is 0 Å². The maximum absolute atomic E-state index is 13.5. The van der Waals surface area contributed by atoms with Gasteiger partial charge in [0.15, 0.2) is 0 Å². The Bertz CT molecular complexity index is 320. The number of unbranched alkanes of at least 4 members (excludes halogenated alkanes) is 2. The van der Waals surface area contributed by atoms with Crippen LogP contribution in [0.25, 0.3) is 0 Å². The molecule has 1 unspecified atom stereocenters. The first-order chi connectivity index (χ1) is 7.55. The third-order valence-corrected chi connectivity index (χ3v) is 2.90. The average molecular weight is 223 g/mol. The fraction of sp³-hybridized carbons (Fsp3) is 0.571. The molecular weight excluding hydrogens is 201 g/mol. The maximum Gasteiger partial charge on any atom is 0.126 e. The number of benzene rings is 1. The summed E-state index contributed by atoms with van der Waals surface area (Å²) in [4.78, 5) is 0. The average Bonchev–Trinajstić information content (AvgIpc) is 2.21. The fourth-order valence-electron chi connectivity index (χ4n) is 1.94. The van der Waals surface area contributed by atoms with Gasteiger partial charge in [-0.25, -0.2) is 4.39 Å². The van der Waals surface area contributed by atoms with Crippen LogP contribution in [0, 0.1) is 5.82 Å². The Morgan fingerprint density at radius 2 is 1.94 bits per heavy atom. The summed E-state index contributed by atoms with van der Waals surface area (Å²) in [5.74, 6) is -0.144. The highest BCUT2D eigenvalue weighted by atomic mass is 19.1. The van der Waals surface area contributed by atoms with Crippen molar-refractivity contribution in [3.63, 3.8) is 0 Å². The Hall–Kier alpha value is -0.890. The largest absolute Gasteiger partial charge is 0.325 e. The Labute approximate surface area is 97.9 Å². The van der Waals surface area contributed by atoms with Gasteiger partial charge in [-0.15, -0.1) is 0 Å². The standard InChI is InChI=1S/C14H22FN/c1-3-4-7-10-14(2,16)11-12-8-5-6-9-13(12)15/h5-6,8-9H,3-4,7,10-11,16H2,1-2H3. The van der Waals surface area contributed by atoms with E-state index in [1.807, 2.05) is 19.1 Å². The lowest BCUT2D eigenvalue weighted by atomic mass is 9.88. The number of rotatable bonds is 6. The molecule has 2 heteroatoms. The molecule has 0 aliphatic heterocycles. The van der Waals surface area contributed by atoms with Crippen LogP contribution in [0.5, 0.6) is 0 Å². The molecule has 1 aromatic carbocycles. The molecule has 1 rings (SSSR count). The summed E-state index contributed by atoms with van der Waals surface area (Å²) in [6, 6.07) is 6.89. The smallest absolute Gasteiger partial charge is 0.126 e. The van der Waals surface area contributed by atoms with E-state index in [2.05, 4.69) is 6.92 Å². The third-order valence-electron chi connectivity index (χ3n) is 2.90. The van der Waals surface area contributed by atoms with Gasteiger partial charge in [0, 0.05) is 5.54 Å². The normalized spacial score (nSPS) is 14.8. The molecule has 1 aromatic rings. The monoisotopic (exact) mass is 223 g/mol. The first-order valence-electron chi connectivity index (χ1n) is 6.07. The summed E-state index contributed by atoms with van der Waals surface area (Å²) in [7, 11) is 0. The quantitative estimate of drug-likeness (QED) is 0.732. The van der Waals surface area contributed by atoms with Gasteiger partial charge in [0.25, 0.3) is 0 Å². The van der Waals surface area contributed by atoms with Gasteiger partial charge in [0.1, 0.15) is 5.82 Å². The molecule has 0 aliphatic rings. The zero-order chi connectivity index (χ0) is 12.0. The first kappa shape index (κ1) is 13.2. The maximum atomic E-state index is 13.5. The third kappa shape index (κ3) is 4.31. The molecule has 0 radical (unpaired) electrons. The van der Waals surface area contributed by atoms with Crippen LogP contribution in [-0.4, -0.2) is 5.54 Å². The Morgan fingerprint density at radius 3 is 2.56 bits per heavy atom. The van der Waals surface area contributed by atoms with Gasteiger partial charge in [-0.2, -0.15) is 0 Å². The second-order valence-corrected chi connectivity index (χ2v) is 4.88. The highest BCUT2D eigenvalue weighted by Crippen LogP contribution is 2.19. The lowest BCUT2D eigenvalue weighted by Crippen LogP contribution is -2.38. The van der Waals surface area contributed by atoms with Crippen LogP contribution >= 0.6 is 0 Å². The molecular formula is C14H22FN. The van der Waals surface area contributed by atoms with E-state index in [0.717, 1.165) is 18.4 Å². The lowest BCUT2D eigenvalue weighted by Gasteiger charge is -2.25. The van der Waals surface area contributed by atoms with Crippen molar-refractivity contribution >= 4 is 0 Å². The van der Waals surface area contributed by atoms with E-state index in [1.165, 1.54) is 18.9 Å². The highest BCUT2D eigenvalue weighted by molar-refractivity contribution is 5.19. The molecule has 0 heterocycles. The van der Waals surface area contributed by atoms with E-state index in [0.29, 0.717) is 6.42 Å². The van der Waals surface area contributed by atoms with E-state index in [4.69, 9.17) is 5.73 Å². The second-order valence-electron chi connectivity index (χ2n) is 4.88. The molecule has 0 saturated carbocycles. The summed E-state index contributed by atoms with van der Waals surface area (Å²) < 4.78 is 13.5. The number of hydrogen-bond acceptors (Lipinski definition) is 1. The molecule has 0 bridgehead atoms. The second kappa shape index (κ2) is 6.00. The molecule has 0 aliphatic carbocycles. The van der Waals surface area contributed by atoms with Crippen LogP contribution in [0.1, 0.15) is 45.1 Å². The molecule has 0 amide bonds. The minimum atomic E-state index is -0.294. The van der Waals surface area contributed by atoms with Crippen molar-refractivity contribution in [2.24, 2.45) is 5.73 Å². The summed E-state index contributed by atoms with van der Waals surface area (Å²) >= 11 is 0. The summed E-state index contributed by atoms with van der Waals surface area (Å²) in [5, 5.41) is 0. The van der Waals surface area contributed by atoms with Gasteiger partial charge < -0.3 is 5.73 Å². The first-order valence-corrected chi connectivity index (χ1v) is 6.07. The van der Waals surface area contributed by atoms with Crippen molar-refractivity contribution < 1.29 is 4.39 Å². The van der Waals surface area contributed by atoms with Crippen molar-refractivity contribution in [3.8, 4) is 0 Å². The van der Waals surface area contributed by atoms with Crippen molar-refractivity contribution in [2.45, 2.75) is 51.5 Å². The minimum absolute atomic E-state index is 0.144. The van der Waals surface area contributed by atoms with Gasteiger partial charge in [0.2, 0.25) is 0 Å². The molecule has 2 N–H and O–H groups in total. The molecule has 0 saturated heterocycles. The van der Waals surface area contributed by atoms with E-state index >= 15 is 0 Å². The van der Waals surface area contributed by atoms with Crippen LogP contribution in [0.3, 0.4) is 0 Å². The minimum Gasteiger partial charge on any atom is -0.325 e. The summed E-state index contributed by atoms with van der Waals surface area (Å²) in [6.07, 6.45) is 5.08. The molecule has 1 atom stereocenters. The molecule has 90 valence electrons. The van der Waals surface area contributed by atoms with Crippen LogP contribution < -0.4 is 5.73 Å². The van der Waals surface area contributed by atoms with Gasteiger partial charge in [-0.05, 0) is 31.4 Å². The topological polar surface area (TPSA) is 26.0 Å². The molecule has 0 aromatic heterocycles. The van der Waals surface area contributed by atoms with Crippen LogP contribution in [0.15, 0.2) is 24.3 Å². The van der Waals surface area contributed by atoms with E-state index in [-0.39, 0.29) is 11.4 Å². The molecule has 0 fully saturated rings. The van der Waals surface area contributed by atoms with Crippen molar-refractivity contribution in [3.05, 3.63) is 35.6 Å². The number of halogens is 1. The fourth-order valence-corrected chi connectivity index (χ4v) is 1.94. The predicted octanol–water partition coefficient (Wildman–Crippen LogP) is 3.67. The molecule has 16 heavy (non-hydrogen) atoms.